The number of fused-ring (bicyclic) bond motifs is 2. The van der Waals surface area contributed by atoms with E-state index in [0.717, 1.165) is 49.1 Å². The molecule has 0 aromatic heterocycles. The predicted octanol–water partition coefficient (Wildman–Crippen LogP) is 5.76. The maximum Gasteiger partial charge on any atom is 0.219 e. The Kier molecular flexibility index (Phi) is 7.42. The molecule has 7 heteroatoms. The molecule has 1 aromatic carbocycles. The summed E-state index contributed by atoms with van der Waals surface area (Å²) < 4.78 is 21.8. The van der Waals surface area contributed by atoms with E-state index < -0.39 is 0 Å². The minimum Gasteiger partial charge on any atom is -0.381 e. The van der Waals surface area contributed by atoms with Crippen LogP contribution in [0, 0.1) is 23.1 Å². The summed E-state index contributed by atoms with van der Waals surface area (Å²) >= 11 is 0. The Balaban J connectivity index is 1.25. The van der Waals surface area contributed by atoms with Crippen molar-refractivity contribution >= 4 is 11.6 Å². The van der Waals surface area contributed by atoms with E-state index >= 15 is 4.39 Å². The lowest BCUT2D eigenvalue weighted by molar-refractivity contribution is -0.242. The normalized spacial score (nSPS) is 29.6. The quantitative estimate of drug-likeness (QED) is 0.127. The zero-order chi connectivity index (χ0) is 26.3. The second kappa shape index (κ2) is 10.3. The SMILES string of the molecule is CC(Nc1cc(F)c2c(c1)CCC2(C)C)[C@]12C=CC1(OCC1CC1)CC2CCNC(=O)CCCCOO. The van der Waals surface area contributed by atoms with Gasteiger partial charge in [-0.2, -0.15) is 0 Å². The number of anilines is 1. The molecule has 3 unspecified atom stereocenters. The molecule has 0 bridgehead atoms. The molecule has 0 radical (unpaired) electrons. The number of carbonyl (C=O) groups excluding carboxylic acids is 1. The van der Waals surface area contributed by atoms with Gasteiger partial charge in [-0.25, -0.2) is 9.28 Å². The van der Waals surface area contributed by atoms with Crippen molar-refractivity contribution in [3.8, 4) is 0 Å². The van der Waals surface area contributed by atoms with Crippen molar-refractivity contribution < 1.29 is 24.1 Å². The van der Waals surface area contributed by atoms with Crippen LogP contribution < -0.4 is 10.6 Å². The number of benzene rings is 1. The molecule has 0 aliphatic heterocycles. The van der Waals surface area contributed by atoms with Gasteiger partial charge >= 0.3 is 0 Å². The number of rotatable bonds is 14. The fourth-order valence-corrected chi connectivity index (χ4v) is 7.15. The molecule has 5 rings (SSSR count). The van der Waals surface area contributed by atoms with Crippen LogP contribution in [0.1, 0.15) is 83.3 Å². The van der Waals surface area contributed by atoms with Crippen LogP contribution >= 0.6 is 0 Å². The van der Waals surface area contributed by atoms with Crippen LogP contribution in [0.2, 0.25) is 0 Å². The Morgan fingerprint density at radius 2 is 2.05 bits per heavy atom. The Morgan fingerprint density at radius 3 is 2.76 bits per heavy atom. The number of amides is 1. The van der Waals surface area contributed by atoms with Crippen molar-refractivity contribution in [2.24, 2.45) is 17.3 Å². The van der Waals surface area contributed by atoms with E-state index in [2.05, 4.69) is 54.5 Å². The third kappa shape index (κ3) is 4.95. The molecule has 4 atom stereocenters. The zero-order valence-electron chi connectivity index (χ0n) is 22.6. The molecular formula is C30H43FN2O4. The van der Waals surface area contributed by atoms with Crippen LogP contribution in [0.25, 0.3) is 0 Å². The number of carbonyl (C=O) groups is 1. The van der Waals surface area contributed by atoms with Gasteiger partial charge < -0.3 is 15.4 Å². The molecule has 0 heterocycles. The average Bonchev–Trinajstić information content (AvgIpc) is 3.61. The third-order valence-corrected chi connectivity index (χ3v) is 9.53. The molecule has 204 valence electrons. The van der Waals surface area contributed by atoms with E-state index in [1.54, 1.807) is 6.07 Å². The molecule has 2 fully saturated rings. The molecule has 2 saturated carbocycles. The maximum absolute atomic E-state index is 15.2. The highest BCUT2D eigenvalue weighted by Gasteiger charge is 2.70. The van der Waals surface area contributed by atoms with Gasteiger partial charge in [0.2, 0.25) is 5.91 Å². The van der Waals surface area contributed by atoms with Crippen LogP contribution in [-0.4, -0.2) is 42.6 Å². The molecule has 6 nitrogen and oxygen atoms in total. The van der Waals surface area contributed by atoms with Gasteiger partial charge in [-0.05, 0) is 98.8 Å². The summed E-state index contributed by atoms with van der Waals surface area (Å²) in [6, 6.07) is 3.88. The van der Waals surface area contributed by atoms with Crippen LogP contribution in [0.15, 0.2) is 24.3 Å². The van der Waals surface area contributed by atoms with Crippen molar-refractivity contribution in [1.82, 2.24) is 5.32 Å². The molecule has 1 aromatic rings. The van der Waals surface area contributed by atoms with Crippen LogP contribution in [0.5, 0.6) is 0 Å². The zero-order valence-corrected chi connectivity index (χ0v) is 22.6. The van der Waals surface area contributed by atoms with Gasteiger partial charge in [-0.1, -0.05) is 26.0 Å². The second-order valence-electron chi connectivity index (χ2n) is 12.5. The molecular weight excluding hydrogens is 471 g/mol. The first-order chi connectivity index (χ1) is 17.7. The smallest absolute Gasteiger partial charge is 0.219 e. The van der Waals surface area contributed by atoms with Gasteiger partial charge in [0.25, 0.3) is 0 Å². The first-order valence-corrected chi connectivity index (χ1v) is 14.2. The lowest BCUT2D eigenvalue weighted by Gasteiger charge is -2.69. The lowest BCUT2D eigenvalue weighted by Crippen LogP contribution is -2.73. The number of aryl methyl sites for hydroxylation is 1. The van der Waals surface area contributed by atoms with E-state index in [1.807, 2.05) is 0 Å². The molecule has 37 heavy (non-hydrogen) atoms. The molecule has 4 aliphatic rings. The number of hydrogen-bond acceptors (Lipinski definition) is 5. The summed E-state index contributed by atoms with van der Waals surface area (Å²) in [6.45, 7) is 8.14. The van der Waals surface area contributed by atoms with Crippen LogP contribution in [-0.2, 0) is 26.3 Å². The maximum atomic E-state index is 15.2. The highest BCUT2D eigenvalue weighted by atomic mass is 19.1. The Hall–Kier alpha value is -1.96. The summed E-state index contributed by atoms with van der Waals surface area (Å²) in [5.74, 6) is 0.994. The number of hydrogen-bond donors (Lipinski definition) is 3. The van der Waals surface area contributed by atoms with Gasteiger partial charge in [0, 0.05) is 30.1 Å². The van der Waals surface area contributed by atoms with Crippen LogP contribution in [0.3, 0.4) is 0 Å². The van der Waals surface area contributed by atoms with Gasteiger partial charge in [0.1, 0.15) is 5.82 Å². The topological polar surface area (TPSA) is 79.8 Å². The highest BCUT2D eigenvalue weighted by molar-refractivity contribution is 5.75. The second-order valence-corrected chi connectivity index (χ2v) is 12.5. The Morgan fingerprint density at radius 1 is 1.24 bits per heavy atom. The largest absolute Gasteiger partial charge is 0.381 e. The fraction of sp³-hybridized carbons (Fsp3) is 0.700. The number of unbranched alkanes of at least 4 members (excludes halogenated alkanes) is 1. The van der Waals surface area contributed by atoms with E-state index in [1.165, 1.54) is 12.8 Å². The number of halogens is 1. The summed E-state index contributed by atoms with van der Waals surface area (Å²) in [6.07, 6.45) is 12.6. The van der Waals surface area contributed by atoms with E-state index in [9.17, 15) is 4.79 Å². The van der Waals surface area contributed by atoms with Gasteiger partial charge in [-0.3, -0.25) is 10.1 Å². The Labute approximate surface area is 220 Å². The minimum atomic E-state index is -0.266. The van der Waals surface area contributed by atoms with Crippen molar-refractivity contribution in [1.29, 1.82) is 0 Å². The van der Waals surface area contributed by atoms with Crippen molar-refractivity contribution in [2.45, 2.75) is 95.6 Å². The van der Waals surface area contributed by atoms with Gasteiger partial charge in [0.05, 0.1) is 18.8 Å². The molecule has 1 amide bonds. The fourth-order valence-electron chi connectivity index (χ4n) is 7.15. The standard InChI is InChI=1S/C30H43FN2O4/c1-20(33-24-16-22-9-11-28(2,3)27(22)25(31)17-24)30-13-12-29(30,36-19-21-7-8-21)18-23(30)10-14-32-26(34)6-4-5-15-37-35/h12-13,16-17,20-21,23,33,35H,4-11,14-15,18-19H2,1-3H3,(H,32,34)/t20?,23?,29?,30-/m0/s1. The third-order valence-electron chi connectivity index (χ3n) is 9.53. The van der Waals surface area contributed by atoms with Gasteiger partial charge in [0.15, 0.2) is 0 Å². The summed E-state index contributed by atoms with van der Waals surface area (Å²) in [4.78, 5) is 16.3. The Bertz CT molecular complexity index is 1040. The first kappa shape index (κ1) is 26.6. The van der Waals surface area contributed by atoms with Crippen LogP contribution in [0.4, 0.5) is 10.1 Å². The van der Waals surface area contributed by atoms with E-state index in [0.29, 0.717) is 37.6 Å². The summed E-state index contributed by atoms with van der Waals surface area (Å²) in [5.41, 5.74) is 2.30. The molecule has 4 aliphatic carbocycles. The molecule has 0 spiro atoms. The van der Waals surface area contributed by atoms with Crippen molar-refractivity contribution in [3.05, 3.63) is 41.2 Å². The van der Waals surface area contributed by atoms with Crippen molar-refractivity contribution in [3.63, 3.8) is 0 Å². The van der Waals surface area contributed by atoms with Crippen molar-refractivity contribution in [2.75, 3.05) is 25.1 Å². The monoisotopic (exact) mass is 514 g/mol. The summed E-state index contributed by atoms with van der Waals surface area (Å²) in [7, 11) is 0. The minimum absolute atomic E-state index is 0.0365. The lowest BCUT2D eigenvalue weighted by atomic mass is 9.40. The molecule has 0 saturated heterocycles. The highest BCUT2D eigenvalue weighted by Crippen LogP contribution is 2.67. The number of nitrogens with one attached hydrogen (secondary N) is 2. The predicted molar refractivity (Wildman–Crippen MR) is 142 cm³/mol. The molecule has 3 N–H and O–H groups in total. The van der Waals surface area contributed by atoms with E-state index in [-0.39, 0.29) is 40.8 Å². The summed E-state index contributed by atoms with van der Waals surface area (Å²) in [5, 5.41) is 15.1. The van der Waals surface area contributed by atoms with E-state index in [4.69, 9.17) is 9.99 Å². The number of ether oxygens (including phenoxy) is 1. The first-order valence-electron chi connectivity index (χ1n) is 14.2. The van der Waals surface area contributed by atoms with Gasteiger partial charge in [-0.15, -0.1) is 0 Å². The average molecular weight is 515 g/mol.